The van der Waals surface area contributed by atoms with Crippen molar-refractivity contribution in [3.8, 4) is 0 Å². The van der Waals surface area contributed by atoms with E-state index < -0.39 is 0 Å². The van der Waals surface area contributed by atoms with E-state index in [4.69, 9.17) is 9.47 Å². The number of pyridine rings is 1. The van der Waals surface area contributed by atoms with Crippen LogP contribution in [0.3, 0.4) is 0 Å². The van der Waals surface area contributed by atoms with Crippen LogP contribution >= 0.6 is 0 Å². The molecule has 3 saturated heterocycles. The van der Waals surface area contributed by atoms with Crippen molar-refractivity contribution in [3.63, 3.8) is 0 Å². The van der Waals surface area contributed by atoms with Crippen LogP contribution in [0.4, 0.5) is 16.3 Å². The van der Waals surface area contributed by atoms with Gasteiger partial charge in [-0.05, 0) is 37.8 Å². The van der Waals surface area contributed by atoms with Gasteiger partial charge in [0.1, 0.15) is 5.82 Å². The number of hydrogen-bond acceptors (Lipinski definition) is 5. The molecule has 7 nitrogen and oxygen atoms in total. The number of piperidine rings is 1. The van der Waals surface area contributed by atoms with Crippen molar-refractivity contribution in [1.29, 1.82) is 0 Å². The van der Waals surface area contributed by atoms with Crippen molar-refractivity contribution < 1.29 is 14.3 Å². The zero-order chi connectivity index (χ0) is 17.1. The molecular formula is C18H26N4O3. The van der Waals surface area contributed by atoms with Crippen LogP contribution < -0.4 is 10.2 Å². The number of hydrogen-bond donors (Lipinski definition) is 1. The standard InChI is InChI=1S/C18H26N4O3/c23-18(22-9-5-14(6-10-22)17-24-11-12-25-17)20-15-3-4-16(19-13-15)21-7-1-2-8-21/h3-4,13-14,17H,1-2,5-12H2,(H,20,23). The Kier molecular flexibility index (Phi) is 5.03. The van der Waals surface area contributed by atoms with Gasteiger partial charge in [0, 0.05) is 32.1 Å². The summed E-state index contributed by atoms with van der Waals surface area (Å²) in [5.74, 6) is 1.39. The highest BCUT2D eigenvalue weighted by molar-refractivity contribution is 5.89. The summed E-state index contributed by atoms with van der Waals surface area (Å²) in [5.41, 5.74) is 0.748. The first-order valence-corrected chi connectivity index (χ1v) is 9.30. The second-order valence-corrected chi connectivity index (χ2v) is 6.96. The number of nitrogens with zero attached hydrogens (tertiary/aromatic N) is 3. The number of carbonyl (C=O) groups is 1. The lowest BCUT2D eigenvalue weighted by Gasteiger charge is -2.33. The number of aromatic nitrogens is 1. The van der Waals surface area contributed by atoms with Crippen LogP contribution in [-0.2, 0) is 9.47 Å². The molecule has 2 amide bonds. The van der Waals surface area contributed by atoms with Crippen LogP contribution in [0.2, 0.25) is 0 Å². The number of ether oxygens (including phenoxy) is 2. The molecule has 0 saturated carbocycles. The molecule has 1 aromatic rings. The zero-order valence-electron chi connectivity index (χ0n) is 14.5. The van der Waals surface area contributed by atoms with Gasteiger partial charge in [-0.3, -0.25) is 0 Å². The van der Waals surface area contributed by atoms with Gasteiger partial charge in [-0.15, -0.1) is 0 Å². The lowest BCUT2D eigenvalue weighted by Crippen LogP contribution is -2.43. The third kappa shape index (κ3) is 3.88. The molecule has 4 heterocycles. The van der Waals surface area contributed by atoms with E-state index in [0.717, 1.165) is 50.5 Å². The minimum absolute atomic E-state index is 0.0533. The predicted octanol–water partition coefficient (Wildman–Crippen LogP) is 2.30. The molecule has 0 radical (unpaired) electrons. The van der Waals surface area contributed by atoms with Gasteiger partial charge in [-0.1, -0.05) is 0 Å². The molecule has 3 aliphatic rings. The van der Waals surface area contributed by atoms with E-state index in [2.05, 4.69) is 15.2 Å². The number of amides is 2. The maximum atomic E-state index is 12.5. The van der Waals surface area contributed by atoms with Gasteiger partial charge in [-0.25, -0.2) is 9.78 Å². The molecule has 0 bridgehead atoms. The Balaban J connectivity index is 1.27. The smallest absolute Gasteiger partial charge is 0.321 e. The monoisotopic (exact) mass is 346 g/mol. The summed E-state index contributed by atoms with van der Waals surface area (Å²) in [6.07, 6.45) is 5.97. The molecule has 4 rings (SSSR count). The van der Waals surface area contributed by atoms with Gasteiger partial charge < -0.3 is 24.6 Å². The minimum Gasteiger partial charge on any atom is -0.357 e. The lowest BCUT2D eigenvalue weighted by molar-refractivity contribution is -0.0950. The Bertz CT molecular complexity index is 574. The van der Waals surface area contributed by atoms with Crippen molar-refractivity contribution in [2.24, 2.45) is 5.92 Å². The second kappa shape index (κ2) is 7.58. The molecule has 3 fully saturated rings. The number of anilines is 2. The van der Waals surface area contributed by atoms with Crippen LogP contribution in [0, 0.1) is 5.92 Å². The first-order valence-electron chi connectivity index (χ1n) is 9.30. The molecule has 1 N–H and O–H groups in total. The van der Waals surface area contributed by atoms with Gasteiger partial charge in [0.05, 0.1) is 25.1 Å². The van der Waals surface area contributed by atoms with Crippen molar-refractivity contribution >= 4 is 17.5 Å². The summed E-state index contributed by atoms with van der Waals surface area (Å²) in [7, 11) is 0. The van der Waals surface area contributed by atoms with Gasteiger partial charge >= 0.3 is 6.03 Å². The van der Waals surface area contributed by atoms with Crippen LogP contribution in [0.5, 0.6) is 0 Å². The molecule has 1 aromatic heterocycles. The van der Waals surface area contributed by atoms with E-state index in [1.165, 1.54) is 12.8 Å². The van der Waals surface area contributed by atoms with Crippen molar-refractivity contribution in [2.45, 2.75) is 32.0 Å². The summed E-state index contributed by atoms with van der Waals surface area (Å²) in [6, 6.07) is 3.87. The Morgan fingerprint density at radius 2 is 1.80 bits per heavy atom. The molecular weight excluding hydrogens is 320 g/mol. The second-order valence-electron chi connectivity index (χ2n) is 6.96. The molecule has 0 aliphatic carbocycles. The maximum Gasteiger partial charge on any atom is 0.321 e. The Morgan fingerprint density at radius 3 is 2.44 bits per heavy atom. The molecule has 3 aliphatic heterocycles. The minimum atomic E-state index is -0.0763. The molecule has 0 spiro atoms. The quantitative estimate of drug-likeness (QED) is 0.910. The number of likely N-dealkylation sites (tertiary alicyclic amines) is 1. The predicted molar refractivity (Wildman–Crippen MR) is 94.7 cm³/mol. The highest BCUT2D eigenvalue weighted by Crippen LogP contribution is 2.26. The summed E-state index contributed by atoms with van der Waals surface area (Å²) >= 11 is 0. The molecule has 0 unspecified atom stereocenters. The Hall–Kier alpha value is -1.86. The molecule has 7 heteroatoms. The van der Waals surface area contributed by atoms with Crippen LogP contribution in [0.1, 0.15) is 25.7 Å². The molecule has 0 aromatic carbocycles. The number of carbonyl (C=O) groups excluding carboxylic acids is 1. The number of urea groups is 1. The van der Waals surface area contributed by atoms with E-state index in [0.29, 0.717) is 19.1 Å². The average Bonchev–Trinajstić information content (AvgIpc) is 3.36. The molecule has 0 atom stereocenters. The first-order chi connectivity index (χ1) is 12.3. The summed E-state index contributed by atoms with van der Waals surface area (Å²) in [5, 5.41) is 2.96. The number of rotatable bonds is 3. The third-order valence-corrected chi connectivity index (χ3v) is 5.29. The van der Waals surface area contributed by atoms with Crippen LogP contribution in [0.15, 0.2) is 18.3 Å². The normalized spacial score (nSPS) is 22.6. The fraction of sp³-hybridized carbons (Fsp3) is 0.667. The topological polar surface area (TPSA) is 66.9 Å². The molecule has 25 heavy (non-hydrogen) atoms. The third-order valence-electron chi connectivity index (χ3n) is 5.29. The van der Waals surface area contributed by atoms with E-state index in [9.17, 15) is 4.79 Å². The van der Waals surface area contributed by atoms with E-state index in [1.807, 2.05) is 17.0 Å². The van der Waals surface area contributed by atoms with Crippen molar-refractivity contribution in [2.75, 3.05) is 49.6 Å². The fourth-order valence-corrected chi connectivity index (χ4v) is 3.82. The average molecular weight is 346 g/mol. The van der Waals surface area contributed by atoms with E-state index in [1.54, 1.807) is 6.20 Å². The Labute approximate surface area is 148 Å². The summed E-state index contributed by atoms with van der Waals surface area (Å²) < 4.78 is 11.2. The van der Waals surface area contributed by atoms with Crippen molar-refractivity contribution in [3.05, 3.63) is 18.3 Å². The highest BCUT2D eigenvalue weighted by atomic mass is 16.7. The van der Waals surface area contributed by atoms with Gasteiger partial charge in [0.15, 0.2) is 6.29 Å². The largest absolute Gasteiger partial charge is 0.357 e. The van der Waals surface area contributed by atoms with Gasteiger partial charge in [-0.2, -0.15) is 0 Å². The SMILES string of the molecule is O=C(Nc1ccc(N2CCCC2)nc1)N1CCC(C2OCCO2)CC1. The van der Waals surface area contributed by atoms with Gasteiger partial charge in [0.2, 0.25) is 0 Å². The van der Waals surface area contributed by atoms with Crippen LogP contribution in [-0.4, -0.2) is 61.6 Å². The van der Waals surface area contributed by atoms with E-state index >= 15 is 0 Å². The van der Waals surface area contributed by atoms with Gasteiger partial charge in [0.25, 0.3) is 0 Å². The summed E-state index contributed by atoms with van der Waals surface area (Å²) in [6.45, 7) is 4.99. The lowest BCUT2D eigenvalue weighted by atomic mass is 9.96. The van der Waals surface area contributed by atoms with Crippen LogP contribution in [0.25, 0.3) is 0 Å². The Morgan fingerprint density at radius 1 is 1.08 bits per heavy atom. The number of nitrogens with one attached hydrogen (secondary N) is 1. The zero-order valence-corrected chi connectivity index (χ0v) is 14.5. The summed E-state index contributed by atoms with van der Waals surface area (Å²) in [4.78, 5) is 21.1. The maximum absolute atomic E-state index is 12.5. The van der Waals surface area contributed by atoms with E-state index in [-0.39, 0.29) is 12.3 Å². The fourth-order valence-electron chi connectivity index (χ4n) is 3.82. The molecule has 136 valence electrons. The first kappa shape index (κ1) is 16.6. The highest BCUT2D eigenvalue weighted by Gasteiger charge is 2.31. The van der Waals surface area contributed by atoms with Crippen molar-refractivity contribution in [1.82, 2.24) is 9.88 Å².